The molecule has 0 aromatic rings. The standard InChI is InChI=1S/C11H22/c1-9(2)7-10(3)8-11(4,5)6/h8-9H,7H2,1-6H3. The van der Waals surface area contributed by atoms with Crippen molar-refractivity contribution in [2.45, 2.75) is 48.0 Å². The maximum Gasteiger partial charge on any atom is -0.0201 e. The molecule has 0 saturated carbocycles. The lowest BCUT2D eigenvalue weighted by Gasteiger charge is -2.15. The van der Waals surface area contributed by atoms with Gasteiger partial charge in [-0.3, -0.25) is 0 Å². The fraction of sp³-hybridized carbons (Fsp3) is 0.818. The Labute approximate surface area is 71.7 Å². The summed E-state index contributed by atoms with van der Waals surface area (Å²) in [5.41, 5.74) is 1.87. The Morgan fingerprint density at radius 2 is 1.73 bits per heavy atom. The second-order valence-corrected chi connectivity index (χ2v) is 4.95. The molecular weight excluding hydrogens is 132 g/mol. The van der Waals surface area contributed by atoms with Gasteiger partial charge >= 0.3 is 0 Å². The lowest BCUT2D eigenvalue weighted by Crippen LogP contribution is -2.01. The molecule has 0 saturated heterocycles. The minimum absolute atomic E-state index is 0.346. The van der Waals surface area contributed by atoms with Crippen LogP contribution in [0.4, 0.5) is 0 Å². The highest BCUT2D eigenvalue weighted by molar-refractivity contribution is 5.04. The molecule has 0 aliphatic rings. The van der Waals surface area contributed by atoms with Crippen LogP contribution in [0, 0.1) is 11.3 Å². The van der Waals surface area contributed by atoms with Gasteiger partial charge in [0.25, 0.3) is 0 Å². The minimum atomic E-state index is 0.346. The largest absolute Gasteiger partial charge is 0.0802 e. The molecule has 0 amide bonds. The van der Waals surface area contributed by atoms with Crippen LogP contribution in [0.2, 0.25) is 0 Å². The zero-order chi connectivity index (χ0) is 9.07. The number of hydrogen-bond acceptors (Lipinski definition) is 0. The van der Waals surface area contributed by atoms with Gasteiger partial charge in [-0.1, -0.05) is 46.3 Å². The van der Waals surface area contributed by atoms with Gasteiger partial charge in [-0.2, -0.15) is 0 Å². The average Bonchev–Trinajstić information content (AvgIpc) is 1.53. The molecule has 0 spiro atoms. The summed E-state index contributed by atoms with van der Waals surface area (Å²) in [5, 5.41) is 0. The van der Waals surface area contributed by atoms with Gasteiger partial charge in [0.2, 0.25) is 0 Å². The van der Waals surface area contributed by atoms with Crippen molar-refractivity contribution < 1.29 is 0 Å². The summed E-state index contributed by atoms with van der Waals surface area (Å²) in [4.78, 5) is 0. The maximum absolute atomic E-state index is 2.37. The molecular formula is C11H22. The molecule has 0 fully saturated rings. The molecule has 0 aromatic carbocycles. The van der Waals surface area contributed by atoms with E-state index in [0.717, 1.165) is 5.92 Å². The van der Waals surface area contributed by atoms with Crippen LogP contribution in [0.25, 0.3) is 0 Å². The third-order valence-electron chi connectivity index (χ3n) is 1.41. The number of hydrogen-bond donors (Lipinski definition) is 0. The molecule has 0 aliphatic carbocycles. The molecule has 0 heteroatoms. The van der Waals surface area contributed by atoms with Crippen molar-refractivity contribution in [1.82, 2.24) is 0 Å². The molecule has 0 heterocycles. The van der Waals surface area contributed by atoms with Crippen LogP contribution in [0.1, 0.15) is 48.0 Å². The topological polar surface area (TPSA) is 0 Å². The van der Waals surface area contributed by atoms with Crippen molar-refractivity contribution in [3.8, 4) is 0 Å². The highest BCUT2D eigenvalue weighted by atomic mass is 14.1. The van der Waals surface area contributed by atoms with E-state index in [1.165, 1.54) is 12.0 Å². The third-order valence-corrected chi connectivity index (χ3v) is 1.41. The Hall–Kier alpha value is -0.260. The molecule has 0 aliphatic heterocycles. The first-order valence-electron chi connectivity index (χ1n) is 4.49. The molecule has 0 radical (unpaired) electrons. The molecule has 0 rings (SSSR count). The maximum atomic E-state index is 2.37. The van der Waals surface area contributed by atoms with E-state index in [9.17, 15) is 0 Å². The van der Waals surface area contributed by atoms with Gasteiger partial charge in [-0.15, -0.1) is 0 Å². The minimum Gasteiger partial charge on any atom is -0.0802 e. The fourth-order valence-electron chi connectivity index (χ4n) is 1.44. The van der Waals surface area contributed by atoms with Gasteiger partial charge in [0.15, 0.2) is 0 Å². The van der Waals surface area contributed by atoms with Gasteiger partial charge in [0.1, 0.15) is 0 Å². The van der Waals surface area contributed by atoms with Gasteiger partial charge in [-0.05, 0) is 24.7 Å². The van der Waals surface area contributed by atoms with Gasteiger partial charge in [0.05, 0.1) is 0 Å². The van der Waals surface area contributed by atoms with Crippen molar-refractivity contribution in [1.29, 1.82) is 0 Å². The Kier molecular flexibility index (Phi) is 3.85. The normalized spacial score (nSPS) is 14.3. The fourth-order valence-corrected chi connectivity index (χ4v) is 1.44. The highest BCUT2D eigenvalue weighted by Gasteiger charge is 2.06. The molecule has 0 aromatic heterocycles. The summed E-state index contributed by atoms with van der Waals surface area (Å²) in [5.74, 6) is 0.786. The quantitative estimate of drug-likeness (QED) is 0.527. The van der Waals surface area contributed by atoms with Crippen LogP contribution in [0.3, 0.4) is 0 Å². The van der Waals surface area contributed by atoms with E-state index < -0.39 is 0 Å². The van der Waals surface area contributed by atoms with Crippen molar-refractivity contribution in [2.24, 2.45) is 11.3 Å². The summed E-state index contributed by atoms with van der Waals surface area (Å²) in [6.45, 7) is 13.5. The second kappa shape index (κ2) is 3.94. The monoisotopic (exact) mass is 154 g/mol. The van der Waals surface area contributed by atoms with Crippen molar-refractivity contribution in [3.63, 3.8) is 0 Å². The summed E-state index contributed by atoms with van der Waals surface area (Å²) >= 11 is 0. The molecule has 0 N–H and O–H groups in total. The summed E-state index contributed by atoms with van der Waals surface area (Å²) in [6.07, 6.45) is 3.60. The van der Waals surface area contributed by atoms with Crippen LogP contribution >= 0.6 is 0 Å². The van der Waals surface area contributed by atoms with Crippen LogP contribution < -0.4 is 0 Å². The van der Waals surface area contributed by atoms with E-state index >= 15 is 0 Å². The van der Waals surface area contributed by atoms with Crippen LogP contribution in [0.5, 0.6) is 0 Å². The summed E-state index contributed by atoms with van der Waals surface area (Å²) in [7, 11) is 0. The predicted molar refractivity (Wildman–Crippen MR) is 52.7 cm³/mol. The first-order chi connectivity index (χ1) is 4.81. The number of rotatable bonds is 2. The lowest BCUT2D eigenvalue weighted by atomic mass is 9.91. The second-order valence-electron chi connectivity index (χ2n) is 4.95. The predicted octanol–water partition coefficient (Wildman–Crippen LogP) is 4.02. The van der Waals surface area contributed by atoms with E-state index in [1.54, 1.807) is 0 Å². The van der Waals surface area contributed by atoms with E-state index in [1.807, 2.05) is 0 Å². The number of allylic oxidation sites excluding steroid dienone is 2. The van der Waals surface area contributed by atoms with Crippen LogP contribution in [0.15, 0.2) is 11.6 Å². The van der Waals surface area contributed by atoms with E-state index in [2.05, 4.69) is 47.6 Å². The Bertz CT molecular complexity index is 133. The zero-order valence-corrected chi connectivity index (χ0v) is 8.86. The van der Waals surface area contributed by atoms with Crippen molar-refractivity contribution in [2.75, 3.05) is 0 Å². The lowest BCUT2D eigenvalue weighted by molar-refractivity contribution is 0.530. The molecule has 0 atom stereocenters. The van der Waals surface area contributed by atoms with Crippen LogP contribution in [-0.4, -0.2) is 0 Å². The Morgan fingerprint density at radius 1 is 1.27 bits per heavy atom. The van der Waals surface area contributed by atoms with E-state index in [-0.39, 0.29) is 0 Å². The Balaban J connectivity index is 4.01. The first-order valence-corrected chi connectivity index (χ1v) is 4.49. The van der Waals surface area contributed by atoms with E-state index in [4.69, 9.17) is 0 Å². The van der Waals surface area contributed by atoms with Gasteiger partial charge < -0.3 is 0 Å². The molecule has 66 valence electrons. The van der Waals surface area contributed by atoms with Crippen LogP contribution in [-0.2, 0) is 0 Å². The SMILES string of the molecule is CC(=CC(C)(C)C)CC(C)C. The van der Waals surface area contributed by atoms with Crippen molar-refractivity contribution in [3.05, 3.63) is 11.6 Å². The summed E-state index contributed by atoms with van der Waals surface area (Å²) in [6, 6.07) is 0. The average molecular weight is 154 g/mol. The summed E-state index contributed by atoms with van der Waals surface area (Å²) < 4.78 is 0. The third kappa shape index (κ3) is 7.64. The zero-order valence-electron chi connectivity index (χ0n) is 8.86. The smallest absolute Gasteiger partial charge is 0.0201 e. The molecule has 0 unspecified atom stereocenters. The molecule has 11 heavy (non-hydrogen) atoms. The highest BCUT2D eigenvalue weighted by Crippen LogP contribution is 2.20. The first kappa shape index (κ1) is 10.7. The van der Waals surface area contributed by atoms with Crippen molar-refractivity contribution >= 4 is 0 Å². The van der Waals surface area contributed by atoms with E-state index in [0.29, 0.717) is 5.41 Å². The van der Waals surface area contributed by atoms with Gasteiger partial charge in [0, 0.05) is 0 Å². The van der Waals surface area contributed by atoms with Gasteiger partial charge in [-0.25, -0.2) is 0 Å². The molecule has 0 nitrogen and oxygen atoms in total. The molecule has 0 bridgehead atoms. The Morgan fingerprint density at radius 3 is 2.00 bits per heavy atom.